The smallest absolute Gasteiger partial charge is 0.469 e. The van der Waals surface area contributed by atoms with Crippen molar-refractivity contribution in [2.75, 3.05) is 6.61 Å². The topological polar surface area (TPSA) is 210 Å². The predicted octanol–water partition coefficient (Wildman–Crippen LogP) is -2.07. The number of phosphoric acid groups is 1. The third-order valence-electron chi connectivity index (χ3n) is 3.19. The number of nitrogens with two attached hydrogens (primary N) is 1. The molecule has 1 aliphatic heterocycles. The van der Waals surface area contributed by atoms with E-state index in [9.17, 15) is 19.6 Å². The molecule has 0 aliphatic carbocycles. The average molecular weight is 366 g/mol. The van der Waals surface area contributed by atoms with Gasteiger partial charge in [0.15, 0.2) is 17.7 Å². The molecule has 14 heteroatoms. The van der Waals surface area contributed by atoms with Crippen LogP contribution in [0.1, 0.15) is 16.7 Å². The molecule has 1 saturated heterocycles. The number of carbonyl (C=O) groups is 1. The SMILES string of the molecule is N/C=N\c1c(C(=O)O)ncn1[C@@H]1O[C@H](COP(=O)(O)O)[C@@H](O)[C@H]1O. The first-order valence-electron chi connectivity index (χ1n) is 6.41. The summed E-state index contributed by atoms with van der Waals surface area (Å²) >= 11 is 0. The molecule has 13 nitrogen and oxygen atoms in total. The fraction of sp³-hybridized carbons (Fsp3) is 0.500. The van der Waals surface area contributed by atoms with Crippen LogP contribution in [-0.4, -0.2) is 71.9 Å². The van der Waals surface area contributed by atoms with E-state index in [0.717, 1.165) is 17.2 Å². The van der Waals surface area contributed by atoms with E-state index < -0.39 is 50.6 Å². The fourth-order valence-corrected chi connectivity index (χ4v) is 2.50. The van der Waals surface area contributed by atoms with Crippen LogP contribution in [0.3, 0.4) is 0 Å². The Morgan fingerprint density at radius 2 is 2.17 bits per heavy atom. The summed E-state index contributed by atoms with van der Waals surface area (Å²) in [6.07, 6.45) is -3.87. The zero-order valence-corrected chi connectivity index (χ0v) is 12.8. The maximum Gasteiger partial charge on any atom is 0.469 e. The third kappa shape index (κ3) is 3.79. The summed E-state index contributed by atoms with van der Waals surface area (Å²) in [5.41, 5.74) is 4.69. The van der Waals surface area contributed by atoms with Gasteiger partial charge >= 0.3 is 13.8 Å². The Morgan fingerprint density at radius 1 is 1.50 bits per heavy atom. The molecule has 2 heterocycles. The highest BCUT2D eigenvalue weighted by Gasteiger charge is 2.45. The lowest BCUT2D eigenvalue weighted by atomic mass is 10.1. The molecule has 24 heavy (non-hydrogen) atoms. The molecule has 0 aromatic carbocycles. The van der Waals surface area contributed by atoms with Gasteiger partial charge in [0.2, 0.25) is 0 Å². The number of carboxylic acid groups (broad SMARTS) is 1. The highest BCUT2D eigenvalue weighted by Crippen LogP contribution is 2.39. The molecular weight excluding hydrogens is 351 g/mol. The van der Waals surface area contributed by atoms with Crippen molar-refractivity contribution in [2.45, 2.75) is 24.5 Å². The van der Waals surface area contributed by atoms with Crippen LogP contribution in [0.2, 0.25) is 0 Å². The van der Waals surface area contributed by atoms with Crippen LogP contribution in [0.25, 0.3) is 0 Å². The monoisotopic (exact) mass is 366 g/mol. The molecule has 0 unspecified atom stereocenters. The van der Waals surface area contributed by atoms with Gasteiger partial charge in [0.25, 0.3) is 0 Å². The van der Waals surface area contributed by atoms with Crippen LogP contribution in [0.5, 0.6) is 0 Å². The summed E-state index contributed by atoms with van der Waals surface area (Å²) in [5.74, 6) is -1.64. The quantitative estimate of drug-likeness (QED) is 0.183. The van der Waals surface area contributed by atoms with E-state index in [-0.39, 0.29) is 5.82 Å². The number of aliphatic hydroxyl groups excluding tert-OH is 2. The molecule has 2 rings (SSSR count). The normalized spacial score (nSPS) is 27.8. The summed E-state index contributed by atoms with van der Waals surface area (Å²) in [6.45, 7) is -0.699. The van der Waals surface area contributed by atoms with E-state index in [0.29, 0.717) is 0 Å². The van der Waals surface area contributed by atoms with E-state index in [4.69, 9.17) is 25.4 Å². The molecule has 0 spiro atoms. The van der Waals surface area contributed by atoms with Gasteiger partial charge in [0, 0.05) is 0 Å². The van der Waals surface area contributed by atoms with Crippen LogP contribution in [-0.2, 0) is 13.8 Å². The first kappa shape index (κ1) is 18.5. The van der Waals surface area contributed by atoms with E-state index in [1.54, 1.807) is 0 Å². The standard InChI is InChI=1S/C10H15N4O9P/c11-2-12-8-5(10(17)18)13-3-14(8)9-7(16)6(15)4(23-9)1-22-24(19,20)21/h2-4,6-7,9,15-16H,1H2,(H2,11,12)(H,17,18)(H2,19,20,21)/t4-,6-,7-,9-/m1/s1. The predicted molar refractivity (Wildman–Crippen MR) is 75.4 cm³/mol. The number of imidazole rings is 1. The number of aliphatic hydroxyl groups is 2. The van der Waals surface area contributed by atoms with Gasteiger partial charge in [0.05, 0.1) is 19.3 Å². The lowest BCUT2D eigenvalue weighted by Crippen LogP contribution is -2.33. The molecule has 1 aromatic heterocycles. The molecule has 7 N–H and O–H groups in total. The fourth-order valence-electron chi connectivity index (χ4n) is 2.16. The van der Waals surface area contributed by atoms with Gasteiger partial charge in [-0.3, -0.25) is 9.09 Å². The second-order valence-electron chi connectivity index (χ2n) is 4.74. The minimum absolute atomic E-state index is 0.238. The Balaban J connectivity index is 2.26. The third-order valence-corrected chi connectivity index (χ3v) is 3.67. The summed E-state index contributed by atoms with van der Waals surface area (Å²) in [5, 5.41) is 29.0. The Labute approximate surface area is 134 Å². The summed E-state index contributed by atoms with van der Waals surface area (Å²) in [4.78, 5) is 35.7. The maximum absolute atomic E-state index is 11.1. The summed E-state index contributed by atoms with van der Waals surface area (Å²) in [7, 11) is -4.79. The number of rotatable bonds is 6. The Kier molecular flexibility index (Phi) is 5.35. The van der Waals surface area contributed by atoms with Crippen LogP contribution in [0.4, 0.5) is 5.82 Å². The molecule has 134 valence electrons. The Bertz CT molecular complexity index is 686. The first-order chi connectivity index (χ1) is 11.2. The number of nitrogens with zero attached hydrogens (tertiary/aromatic N) is 3. The van der Waals surface area contributed by atoms with Crippen molar-refractivity contribution in [3.8, 4) is 0 Å². The van der Waals surface area contributed by atoms with E-state index in [2.05, 4.69) is 14.5 Å². The van der Waals surface area contributed by atoms with Crippen molar-refractivity contribution in [3.63, 3.8) is 0 Å². The minimum Gasteiger partial charge on any atom is -0.476 e. The summed E-state index contributed by atoms with van der Waals surface area (Å²) in [6, 6.07) is 0. The second-order valence-corrected chi connectivity index (χ2v) is 5.98. The van der Waals surface area contributed by atoms with Crippen LogP contribution < -0.4 is 5.73 Å². The summed E-state index contributed by atoms with van der Waals surface area (Å²) < 4.78 is 21.3. The Morgan fingerprint density at radius 3 is 2.71 bits per heavy atom. The van der Waals surface area contributed by atoms with Crippen LogP contribution in [0, 0.1) is 0 Å². The number of hydrogen-bond acceptors (Lipinski definition) is 8. The highest BCUT2D eigenvalue weighted by molar-refractivity contribution is 7.46. The van der Waals surface area contributed by atoms with Gasteiger partial charge in [-0.2, -0.15) is 0 Å². The number of aromatic carboxylic acids is 1. The maximum atomic E-state index is 11.1. The zero-order chi connectivity index (χ0) is 18.1. The van der Waals surface area contributed by atoms with E-state index in [1.165, 1.54) is 0 Å². The molecular formula is C10H15N4O9P. The number of aliphatic imine (C=N–C) groups is 1. The number of aromatic nitrogens is 2. The molecule has 1 aliphatic rings. The van der Waals surface area contributed by atoms with Gasteiger partial charge in [0.1, 0.15) is 18.3 Å². The molecule has 4 atom stereocenters. The van der Waals surface area contributed by atoms with Crippen LogP contribution >= 0.6 is 7.82 Å². The van der Waals surface area contributed by atoms with Crippen molar-refractivity contribution in [2.24, 2.45) is 10.7 Å². The van der Waals surface area contributed by atoms with Crippen molar-refractivity contribution in [1.29, 1.82) is 0 Å². The number of hydrogen-bond donors (Lipinski definition) is 6. The molecule has 0 amide bonds. The van der Waals surface area contributed by atoms with Gasteiger partial charge in [-0.05, 0) is 0 Å². The lowest BCUT2D eigenvalue weighted by molar-refractivity contribution is -0.0512. The first-order valence-corrected chi connectivity index (χ1v) is 7.94. The molecule has 1 fully saturated rings. The number of ether oxygens (including phenoxy) is 1. The van der Waals surface area contributed by atoms with Gasteiger partial charge in [-0.15, -0.1) is 0 Å². The largest absolute Gasteiger partial charge is 0.476 e. The van der Waals surface area contributed by atoms with E-state index >= 15 is 0 Å². The number of phosphoric ester groups is 1. The molecule has 0 saturated carbocycles. The van der Waals surface area contributed by atoms with Crippen molar-refractivity contribution >= 4 is 25.9 Å². The Hall–Kier alpha value is -1.86. The second kappa shape index (κ2) is 6.94. The zero-order valence-electron chi connectivity index (χ0n) is 11.9. The van der Waals surface area contributed by atoms with Gasteiger partial charge < -0.3 is 35.6 Å². The van der Waals surface area contributed by atoms with Crippen molar-refractivity contribution < 1.29 is 43.7 Å². The highest BCUT2D eigenvalue weighted by atomic mass is 31.2. The van der Waals surface area contributed by atoms with Crippen molar-refractivity contribution in [1.82, 2.24) is 9.55 Å². The van der Waals surface area contributed by atoms with Crippen molar-refractivity contribution in [3.05, 3.63) is 12.0 Å². The molecule has 0 bridgehead atoms. The minimum atomic E-state index is -4.79. The molecule has 1 aromatic rings. The van der Waals surface area contributed by atoms with Gasteiger partial charge in [-0.25, -0.2) is 19.3 Å². The number of carboxylic acids is 1. The van der Waals surface area contributed by atoms with Gasteiger partial charge in [-0.1, -0.05) is 0 Å². The van der Waals surface area contributed by atoms with E-state index in [1.807, 2.05) is 0 Å². The lowest BCUT2D eigenvalue weighted by Gasteiger charge is -2.17. The van der Waals surface area contributed by atoms with Crippen LogP contribution in [0.15, 0.2) is 11.3 Å². The molecule has 0 radical (unpaired) electrons. The average Bonchev–Trinajstić information content (AvgIpc) is 3.00.